The van der Waals surface area contributed by atoms with Crippen LogP contribution in [-0.4, -0.2) is 21.9 Å². The van der Waals surface area contributed by atoms with Gasteiger partial charge in [0, 0.05) is 16.9 Å². The van der Waals surface area contributed by atoms with Crippen molar-refractivity contribution in [3.05, 3.63) is 58.1 Å². The lowest BCUT2D eigenvalue weighted by Gasteiger charge is -2.39. The minimum Gasteiger partial charge on any atom is -0.289 e. The molecule has 1 fully saturated rings. The van der Waals surface area contributed by atoms with E-state index in [4.69, 9.17) is 0 Å². The Kier molecular flexibility index (Phi) is 4.36. The summed E-state index contributed by atoms with van der Waals surface area (Å²) < 4.78 is 1.10. The van der Waals surface area contributed by atoms with Gasteiger partial charge in [-0.15, -0.1) is 0 Å². The average Bonchev–Trinajstić information content (AvgIpc) is 2.49. The zero-order chi connectivity index (χ0) is 14.8. The molecule has 21 heavy (non-hydrogen) atoms. The first-order chi connectivity index (χ1) is 10.2. The van der Waals surface area contributed by atoms with Crippen molar-refractivity contribution in [3.63, 3.8) is 0 Å². The fourth-order valence-electron chi connectivity index (χ4n) is 3.28. The third kappa shape index (κ3) is 2.87. The topological polar surface area (TPSA) is 29.0 Å². The van der Waals surface area contributed by atoms with Crippen molar-refractivity contribution in [2.45, 2.75) is 38.3 Å². The predicted molar refractivity (Wildman–Crippen MR) is 88.0 cm³/mol. The molecule has 0 unspecified atom stereocenters. The lowest BCUT2D eigenvalue weighted by molar-refractivity contribution is 0.108. The molecule has 0 aliphatic carbocycles. The minimum absolute atomic E-state index is 0.348. The quantitative estimate of drug-likeness (QED) is 0.805. The van der Waals surface area contributed by atoms with E-state index in [-0.39, 0.29) is 0 Å². The minimum atomic E-state index is 0.348. The van der Waals surface area contributed by atoms with Crippen LogP contribution in [0, 0.1) is 6.92 Å². The van der Waals surface area contributed by atoms with E-state index in [9.17, 15) is 0 Å². The Hall–Kier alpha value is -1.26. The molecule has 0 bridgehead atoms. The third-order valence-electron chi connectivity index (χ3n) is 4.41. The van der Waals surface area contributed by atoms with Gasteiger partial charge >= 0.3 is 0 Å². The molecule has 3 heterocycles. The fourth-order valence-corrected chi connectivity index (χ4v) is 3.80. The summed E-state index contributed by atoms with van der Waals surface area (Å²) in [6.45, 7) is 2.15. The normalized spacial score (nSPS) is 23.2. The van der Waals surface area contributed by atoms with Gasteiger partial charge in [-0.05, 0) is 72.9 Å². The molecule has 2 atom stereocenters. The van der Waals surface area contributed by atoms with Gasteiger partial charge < -0.3 is 0 Å². The summed E-state index contributed by atoms with van der Waals surface area (Å²) in [4.78, 5) is 11.7. The molecule has 2 aromatic rings. The zero-order valence-corrected chi connectivity index (χ0v) is 14.0. The first-order valence-electron chi connectivity index (χ1n) is 7.42. The summed E-state index contributed by atoms with van der Waals surface area (Å²) in [7, 11) is 2.20. The molecule has 1 aliphatic heterocycles. The van der Waals surface area contributed by atoms with Crippen LogP contribution in [0.15, 0.2) is 41.1 Å². The molecule has 0 N–H and O–H groups in total. The predicted octanol–water partition coefficient (Wildman–Crippen LogP) is 4.45. The Bertz CT molecular complexity index is 575. The summed E-state index contributed by atoms with van der Waals surface area (Å²) in [5, 5.41) is 0. The van der Waals surface area contributed by atoms with Crippen molar-refractivity contribution >= 4 is 15.9 Å². The standard InChI is InChI=1S/C17H20BrN3/c1-12-6-4-10-19-16(12)14-8-3-9-15(21(14)2)17-13(18)7-5-11-20-17/h4-7,10-11,14-15H,3,8-9H2,1-2H3/t14-,15+/m0/s1. The molecule has 0 amide bonds. The molecule has 1 saturated heterocycles. The molecule has 110 valence electrons. The maximum Gasteiger partial charge on any atom is 0.0717 e. The van der Waals surface area contributed by atoms with E-state index in [0.717, 1.165) is 23.0 Å². The number of aromatic nitrogens is 2. The summed E-state index contributed by atoms with van der Waals surface area (Å²) in [5.74, 6) is 0. The lowest BCUT2D eigenvalue weighted by Crippen LogP contribution is -2.34. The smallest absolute Gasteiger partial charge is 0.0717 e. The van der Waals surface area contributed by atoms with Crippen molar-refractivity contribution in [3.8, 4) is 0 Å². The van der Waals surface area contributed by atoms with E-state index in [2.05, 4.69) is 56.9 Å². The number of pyridine rings is 2. The second-order valence-electron chi connectivity index (χ2n) is 5.70. The molecule has 3 rings (SSSR count). The van der Waals surface area contributed by atoms with E-state index >= 15 is 0 Å². The van der Waals surface area contributed by atoms with Crippen LogP contribution in [0.2, 0.25) is 0 Å². The second kappa shape index (κ2) is 6.24. The summed E-state index contributed by atoms with van der Waals surface area (Å²) in [5.41, 5.74) is 3.62. The Morgan fingerprint density at radius 2 is 1.67 bits per heavy atom. The van der Waals surface area contributed by atoms with Gasteiger partial charge in [0.1, 0.15) is 0 Å². The molecule has 3 nitrogen and oxygen atoms in total. The van der Waals surface area contributed by atoms with Gasteiger partial charge in [0.05, 0.1) is 23.5 Å². The van der Waals surface area contributed by atoms with E-state index in [0.29, 0.717) is 12.1 Å². The summed E-state index contributed by atoms with van der Waals surface area (Å²) in [6, 6.07) is 8.92. The first-order valence-corrected chi connectivity index (χ1v) is 8.21. The average molecular weight is 346 g/mol. The second-order valence-corrected chi connectivity index (χ2v) is 6.56. The molecule has 2 aromatic heterocycles. The van der Waals surface area contributed by atoms with E-state index < -0.39 is 0 Å². The van der Waals surface area contributed by atoms with Gasteiger partial charge in [-0.3, -0.25) is 14.9 Å². The van der Waals surface area contributed by atoms with Crippen LogP contribution in [0.25, 0.3) is 0 Å². The third-order valence-corrected chi connectivity index (χ3v) is 5.08. The Balaban J connectivity index is 1.93. The number of aryl methyl sites for hydroxylation is 1. The van der Waals surface area contributed by atoms with Gasteiger partial charge in [-0.2, -0.15) is 0 Å². The van der Waals surface area contributed by atoms with E-state index in [1.54, 1.807) is 0 Å². The highest BCUT2D eigenvalue weighted by molar-refractivity contribution is 9.10. The van der Waals surface area contributed by atoms with Gasteiger partial charge in [-0.1, -0.05) is 6.07 Å². The van der Waals surface area contributed by atoms with Crippen LogP contribution in [0.1, 0.15) is 48.3 Å². The molecule has 0 spiro atoms. The highest BCUT2D eigenvalue weighted by atomic mass is 79.9. The molecule has 1 aliphatic rings. The van der Waals surface area contributed by atoms with Crippen LogP contribution in [0.5, 0.6) is 0 Å². The number of rotatable bonds is 2. The fraction of sp³-hybridized carbons (Fsp3) is 0.412. The Labute approximate surface area is 134 Å². The number of halogens is 1. The number of likely N-dealkylation sites (tertiary alicyclic amines) is 1. The lowest BCUT2D eigenvalue weighted by atomic mass is 9.90. The number of hydrogen-bond acceptors (Lipinski definition) is 3. The molecular weight excluding hydrogens is 326 g/mol. The van der Waals surface area contributed by atoms with Crippen LogP contribution in [0.4, 0.5) is 0 Å². The van der Waals surface area contributed by atoms with E-state index in [1.807, 2.05) is 24.5 Å². The molecule has 0 radical (unpaired) electrons. The number of hydrogen-bond donors (Lipinski definition) is 0. The van der Waals surface area contributed by atoms with Gasteiger partial charge in [0.25, 0.3) is 0 Å². The van der Waals surface area contributed by atoms with Crippen LogP contribution < -0.4 is 0 Å². The van der Waals surface area contributed by atoms with E-state index in [1.165, 1.54) is 17.7 Å². The summed E-state index contributed by atoms with van der Waals surface area (Å²) in [6.07, 6.45) is 7.29. The number of piperidine rings is 1. The van der Waals surface area contributed by atoms with Gasteiger partial charge in [-0.25, -0.2) is 0 Å². The molecule has 0 saturated carbocycles. The molecular formula is C17H20BrN3. The van der Waals surface area contributed by atoms with Crippen molar-refractivity contribution in [1.82, 2.24) is 14.9 Å². The SMILES string of the molecule is Cc1cccnc1[C@@H]1CCC[C@H](c2ncccc2Br)N1C. The van der Waals surface area contributed by atoms with Crippen molar-refractivity contribution in [1.29, 1.82) is 0 Å². The van der Waals surface area contributed by atoms with Gasteiger partial charge in [0.2, 0.25) is 0 Å². The van der Waals surface area contributed by atoms with Crippen molar-refractivity contribution in [2.75, 3.05) is 7.05 Å². The van der Waals surface area contributed by atoms with Crippen LogP contribution in [-0.2, 0) is 0 Å². The van der Waals surface area contributed by atoms with Crippen molar-refractivity contribution in [2.24, 2.45) is 0 Å². The van der Waals surface area contributed by atoms with Gasteiger partial charge in [0.15, 0.2) is 0 Å². The first kappa shape index (κ1) is 14.7. The molecule has 4 heteroatoms. The maximum atomic E-state index is 4.63. The van der Waals surface area contributed by atoms with Crippen LogP contribution in [0.3, 0.4) is 0 Å². The van der Waals surface area contributed by atoms with Crippen LogP contribution >= 0.6 is 15.9 Å². The largest absolute Gasteiger partial charge is 0.289 e. The highest BCUT2D eigenvalue weighted by Crippen LogP contribution is 2.41. The number of nitrogens with zero attached hydrogens (tertiary/aromatic N) is 3. The monoisotopic (exact) mass is 345 g/mol. The Morgan fingerprint density at radius 3 is 2.33 bits per heavy atom. The zero-order valence-electron chi connectivity index (χ0n) is 12.5. The molecule has 0 aromatic carbocycles. The Morgan fingerprint density at radius 1 is 1.05 bits per heavy atom. The highest BCUT2D eigenvalue weighted by Gasteiger charge is 2.32. The van der Waals surface area contributed by atoms with Crippen molar-refractivity contribution < 1.29 is 0 Å². The maximum absolute atomic E-state index is 4.63. The summed E-state index contributed by atoms with van der Waals surface area (Å²) >= 11 is 3.65.